The normalized spacial score (nSPS) is 20.8. The van der Waals surface area contributed by atoms with Gasteiger partial charge in [0, 0.05) is 13.0 Å². The van der Waals surface area contributed by atoms with Crippen LogP contribution in [0.2, 0.25) is 0 Å². The van der Waals surface area contributed by atoms with E-state index in [9.17, 15) is 18.3 Å². The molecule has 0 bridgehead atoms. The summed E-state index contributed by atoms with van der Waals surface area (Å²) in [6.45, 7) is 3.87. The first-order chi connectivity index (χ1) is 6.58. The first kappa shape index (κ1) is 14.7. The Morgan fingerprint density at radius 3 is 2.13 bits per heavy atom. The van der Waals surface area contributed by atoms with Gasteiger partial charge in [0.05, 0.1) is 11.7 Å². The first-order valence-corrected chi connectivity index (χ1v) is 4.73. The van der Waals surface area contributed by atoms with Gasteiger partial charge in [-0.2, -0.15) is 13.2 Å². The molecule has 0 aliphatic heterocycles. The Morgan fingerprint density at radius 2 is 1.80 bits per heavy atom. The third-order valence-corrected chi connectivity index (χ3v) is 2.06. The van der Waals surface area contributed by atoms with E-state index in [-0.39, 0.29) is 13.0 Å². The smallest absolute Gasteiger partial charge is 0.389 e. The lowest BCUT2D eigenvalue weighted by Crippen LogP contribution is -2.40. The summed E-state index contributed by atoms with van der Waals surface area (Å²) in [5.74, 6) is 0. The highest BCUT2D eigenvalue weighted by molar-refractivity contribution is 4.77. The molecule has 3 atom stereocenters. The van der Waals surface area contributed by atoms with Crippen molar-refractivity contribution in [1.29, 1.82) is 0 Å². The van der Waals surface area contributed by atoms with Crippen LogP contribution < -0.4 is 5.73 Å². The van der Waals surface area contributed by atoms with Gasteiger partial charge in [-0.15, -0.1) is 0 Å². The highest BCUT2D eigenvalue weighted by atomic mass is 19.4. The number of nitrogens with two attached hydrogens (primary N) is 1. The van der Waals surface area contributed by atoms with Gasteiger partial charge in [0.1, 0.15) is 0 Å². The van der Waals surface area contributed by atoms with E-state index in [1.165, 1.54) is 13.8 Å². The van der Waals surface area contributed by atoms with E-state index in [1.54, 1.807) is 0 Å². The first-order valence-electron chi connectivity index (χ1n) is 4.73. The van der Waals surface area contributed by atoms with E-state index in [0.717, 1.165) is 6.92 Å². The molecule has 0 aliphatic rings. The van der Waals surface area contributed by atoms with E-state index in [2.05, 4.69) is 0 Å². The van der Waals surface area contributed by atoms with E-state index < -0.39 is 24.0 Å². The third kappa shape index (κ3) is 5.96. The Labute approximate surface area is 87.4 Å². The number of hydrogen-bond donors (Lipinski definition) is 2. The van der Waals surface area contributed by atoms with E-state index in [1.807, 2.05) is 0 Å². The SMILES string of the molecule is CC(CC(C)(O)CN)OC(C)C(F)(F)F. The predicted molar refractivity (Wildman–Crippen MR) is 50.4 cm³/mol. The summed E-state index contributed by atoms with van der Waals surface area (Å²) >= 11 is 0. The van der Waals surface area contributed by atoms with Crippen LogP contribution in [-0.2, 0) is 4.74 Å². The Hall–Kier alpha value is -0.330. The zero-order valence-electron chi connectivity index (χ0n) is 9.14. The van der Waals surface area contributed by atoms with Crippen LogP contribution >= 0.6 is 0 Å². The molecule has 0 aliphatic carbocycles. The van der Waals surface area contributed by atoms with Crippen molar-refractivity contribution >= 4 is 0 Å². The number of ether oxygens (including phenoxy) is 1. The fraction of sp³-hybridized carbons (Fsp3) is 1.00. The zero-order valence-corrected chi connectivity index (χ0v) is 9.14. The Balaban J connectivity index is 4.10. The van der Waals surface area contributed by atoms with E-state index in [4.69, 9.17) is 10.5 Å². The number of hydrogen-bond acceptors (Lipinski definition) is 3. The van der Waals surface area contributed by atoms with Crippen molar-refractivity contribution in [3.8, 4) is 0 Å². The minimum atomic E-state index is -4.37. The van der Waals surface area contributed by atoms with Crippen molar-refractivity contribution in [1.82, 2.24) is 0 Å². The van der Waals surface area contributed by atoms with Crippen molar-refractivity contribution in [2.24, 2.45) is 5.73 Å². The van der Waals surface area contributed by atoms with Crippen molar-refractivity contribution in [3.63, 3.8) is 0 Å². The number of alkyl halides is 3. The van der Waals surface area contributed by atoms with Crippen LogP contribution in [0.4, 0.5) is 13.2 Å². The molecule has 0 amide bonds. The molecule has 3 nitrogen and oxygen atoms in total. The van der Waals surface area contributed by atoms with Crippen LogP contribution in [0.1, 0.15) is 27.2 Å². The van der Waals surface area contributed by atoms with Crippen molar-refractivity contribution < 1.29 is 23.0 Å². The summed E-state index contributed by atoms with van der Waals surface area (Å²) in [4.78, 5) is 0. The molecule has 0 saturated carbocycles. The Morgan fingerprint density at radius 1 is 1.33 bits per heavy atom. The van der Waals surface area contributed by atoms with Gasteiger partial charge in [-0.1, -0.05) is 0 Å². The summed E-state index contributed by atoms with van der Waals surface area (Å²) in [6.07, 6.45) is -6.83. The monoisotopic (exact) mass is 229 g/mol. The molecule has 0 heterocycles. The van der Waals surface area contributed by atoms with Crippen LogP contribution in [-0.4, -0.2) is 35.6 Å². The maximum Gasteiger partial charge on any atom is 0.414 e. The molecule has 0 fully saturated rings. The van der Waals surface area contributed by atoms with Gasteiger partial charge < -0.3 is 15.6 Å². The van der Waals surface area contributed by atoms with Crippen LogP contribution in [0.25, 0.3) is 0 Å². The third-order valence-electron chi connectivity index (χ3n) is 2.06. The fourth-order valence-corrected chi connectivity index (χ4v) is 1.18. The molecule has 92 valence electrons. The number of halogens is 3. The maximum atomic E-state index is 12.1. The van der Waals surface area contributed by atoms with Crippen LogP contribution in [0.3, 0.4) is 0 Å². The summed E-state index contributed by atoms with van der Waals surface area (Å²) in [5.41, 5.74) is 4.05. The summed E-state index contributed by atoms with van der Waals surface area (Å²) in [5, 5.41) is 9.52. The van der Waals surface area contributed by atoms with Gasteiger partial charge >= 0.3 is 6.18 Å². The molecule has 0 aromatic carbocycles. The second-order valence-electron chi connectivity index (χ2n) is 4.04. The van der Waals surface area contributed by atoms with Gasteiger partial charge in [0.15, 0.2) is 6.10 Å². The van der Waals surface area contributed by atoms with Crippen molar-refractivity contribution in [2.75, 3.05) is 6.54 Å². The highest BCUT2D eigenvalue weighted by Gasteiger charge is 2.38. The van der Waals surface area contributed by atoms with Gasteiger partial charge in [-0.3, -0.25) is 0 Å². The molecule has 0 aromatic rings. The molecule has 0 rings (SSSR count). The lowest BCUT2D eigenvalue weighted by molar-refractivity contribution is -0.228. The highest BCUT2D eigenvalue weighted by Crippen LogP contribution is 2.25. The quantitative estimate of drug-likeness (QED) is 0.750. The average molecular weight is 229 g/mol. The number of rotatable bonds is 5. The average Bonchev–Trinajstić information content (AvgIpc) is 2.01. The molecular weight excluding hydrogens is 211 g/mol. The topological polar surface area (TPSA) is 55.5 Å². The molecular formula is C9H18F3NO2. The summed E-state index contributed by atoms with van der Waals surface area (Å²) in [7, 11) is 0. The van der Waals surface area contributed by atoms with Gasteiger partial charge in [0.25, 0.3) is 0 Å². The predicted octanol–water partition coefficient (Wildman–Crippen LogP) is 1.44. The Bertz CT molecular complexity index is 194. The second-order valence-corrected chi connectivity index (χ2v) is 4.04. The Kier molecular flexibility index (Phi) is 5.02. The molecule has 3 N–H and O–H groups in total. The lowest BCUT2D eigenvalue weighted by Gasteiger charge is -2.27. The van der Waals surface area contributed by atoms with Crippen LogP contribution in [0.5, 0.6) is 0 Å². The molecule has 0 saturated heterocycles. The zero-order chi connectivity index (χ0) is 12.3. The fourth-order valence-electron chi connectivity index (χ4n) is 1.18. The molecule has 0 radical (unpaired) electrons. The lowest BCUT2D eigenvalue weighted by atomic mass is 9.99. The largest absolute Gasteiger partial charge is 0.414 e. The van der Waals surface area contributed by atoms with Gasteiger partial charge in [0.2, 0.25) is 0 Å². The van der Waals surface area contributed by atoms with Gasteiger partial charge in [-0.25, -0.2) is 0 Å². The molecule has 15 heavy (non-hydrogen) atoms. The van der Waals surface area contributed by atoms with E-state index >= 15 is 0 Å². The summed E-state index contributed by atoms with van der Waals surface area (Å²) < 4.78 is 41.0. The molecule has 0 aromatic heterocycles. The van der Waals surface area contributed by atoms with Crippen LogP contribution in [0.15, 0.2) is 0 Å². The second kappa shape index (κ2) is 5.14. The molecule has 6 heteroatoms. The van der Waals surface area contributed by atoms with Crippen molar-refractivity contribution in [3.05, 3.63) is 0 Å². The number of aliphatic hydroxyl groups is 1. The van der Waals surface area contributed by atoms with Crippen molar-refractivity contribution in [2.45, 2.75) is 51.2 Å². The van der Waals surface area contributed by atoms with Crippen LogP contribution in [0, 0.1) is 0 Å². The van der Waals surface area contributed by atoms with E-state index in [0.29, 0.717) is 0 Å². The molecule has 3 unspecified atom stereocenters. The molecule has 0 spiro atoms. The minimum Gasteiger partial charge on any atom is -0.389 e. The summed E-state index contributed by atoms with van der Waals surface area (Å²) in [6, 6.07) is 0. The maximum absolute atomic E-state index is 12.1. The van der Waals surface area contributed by atoms with Gasteiger partial charge in [-0.05, 0) is 20.8 Å². The minimum absolute atomic E-state index is 0.0128. The standard InChI is InChI=1S/C9H18F3NO2/c1-6(4-8(3,14)5-13)15-7(2)9(10,11)12/h6-7,14H,4-5,13H2,1-3H3.